The number of hydrogen-bond donors (Lipinski definition) is 3. The second kappa shape index (κ2) is 5.77. The summed E-state index contributed by atoms with van der Waals surface area (Å²) in [7, 11) is 0. The van der Waals surface area contributed by atoms with E-state index in [-0.39, 0.29) is 28.5 Å². The first kappa shape index (κ1) is 15.4. The molecule has 2 aromatic carbocycles. The van der Waals surface area contributed by atoms with Crippen molar-refractivity contribution < 1.29 is 10.0 Å². The average molecular weight is 349 g/mol. The minimum atomic E-state index is -0.586. The van der Waals surface area contributed by atoms with Gasteiger partial charge < -0.3 is 15.9 Å². The molecule has 10 heteroatoms. The summed E-state index contributed by atoms with van der Waals surface area (Å²) in [5.74, 6) is 5.23. The van der Waals surface area contributed by atoms with E-state index in [1.807, 2.05) is 24.3 Å². The number of rotatable bonds is 3. The zero-order valence-corrected chi connectivity index (χ0v) is 13.1. The van der Waals surface area contributed by atoms with E-state index in [0.29, 0.717) is 11.2 Å². The Kier molecular flexibility index (Phi) is 3.43. The molecule has 0 aliphatic rings. The van der Waals surface area contributed by atoms with Crippen LogP contribution in [-0.4, -0.2) is 35.9 Å². The average Bonchev–Trinajstić information content (AvgIpc) is 3.01. The number of non-ortho nitro benzene ring substituents is 1. The van der Waals surface area contributed by atoms with Crippen molar-refractivity contribution in [3.05, 3.63) is 64.0 Å². The van der Waals surface area contributed by atoms with Crippen LogP contribution >= 0.6 is 0 Å². The number of aromatic amines is 1. The van der Waals surface area contributed by atoms with E-state index in [4.69, 9.17) is 5.84 Å². The number of nitrogens with zero attached hydrogens (tertiary/aromatic N) is 5. The number of phenols is 1. The Labute approximate surface area is 145 Å². The van der Waals surface area contributed by atoms with Gasteiger partial charge in [0.05, 0.1) is 10.5 Å². The Balaban J connectivity index is 1.89. The maximum Gasteiger partial charge on any atom is 0.270 e. The highest BCUT2D eigenvalue weighted by molar-refractivity contribution is 6.13. The van der Waals surface area contributed by atoms with E-state index < -0.39 is 4.92 Å². The van der Waals surface area contributed by atoms with Gasteiger partial charge in [0.1, 0.15) is 17.0 Å². The molecule has 0 saturated heterocycles. The number of aromatic nitrogens is 4. The Morgan fingerprint density at radius 1 is 1.23 bits per heavy atom. The molecule has 0 aliphatic carbocycles. The molecule has 2 heterocycles. The molecule has 128 valence electrons. The summed E-state index contributed by atoms with van der Waals surface area (Å²) in [5.41, 5.74) is 1.67. The van der Waals surface area contributed by atoms with Gasteiger partial charge in [0.25, 0.3) is 5.69 Å². The lowest BCUT2D eigenvalue weighted by Gasteiger charge is -2.06. The molecule has 4 N–H and O–H groups in total. The van der Waals surface area contributed by atoms with E-state index >= 15 is 0 Å². The quantitative estimate of drug-likeness (QED) is 0.220. The Hall–Kier alpha value is -4.08. The predicted octanol–water partition coefficient (Wildman–Crippen LogP) is 1.83. The third-order valence-corrected chi connectivity index (χ3v) is 3.91. The summed E-state index contributed by atoms with van der Waals surface area (Å²) < 4.78 is 0. The number of aromatic hydroxyl groups is 1. The van der Waals surface area contributed by atoms with E-state index in [1.54, 1.807) is 0 Å². The third kappa shape index (κ3) is 2.36. The molecule has 4 rings (SSSR count). The van der Waals surface area contributed by atoms with Crippen molar-refractivity contribution in [3.63, 3.8) is 0 Å². The fourth-order valence-electron chi connectivity index (χ4n) is 2.70. The van der Waals surface area contributed by atoms with Crippen LogP contribution in [0.3, 0.4) is 0 Å². The van der Waals surface area contributed by atoms with Crippen molar-refractivity contribution in [2.45, 2.75) is 0 Å². The standard InChI is InChI=1S/C16H11N7O3/c17-20-13(10-7-8(23(25)26)5-6-12(10)24)16-19-15-14(21-22-16)9-3-1-2-4-11(9)18-15/h1-7,24H,17H2,(H,18,19,22)/b20-13+. The number of para-hydroxylation sites is 1. The van der Waals surface area contributed by atoms with Crippen molar-refractivity contribution in [1.82, 2.24) is 20.2 Å². The van der Waals surface area contributed by atoms with Crippen molar-refractivity contribution in [2.75, 3.05) is 0 Å². The maximum atomic E-state index is 11.0. The molecule has 2 aromatic heterocycles. The molecule has 0 spiro atoms. The molecular formula is C16H11N7O3. The van der Waals surface area contributed by atoms with E-state index in [1.165, 1.54) is 12.1 Å². The van der Waals surface area contributed by atoms with Crippen LogP contribution in [-0.2, 0) is 0 Å². The summed E-state index contributed by atoms with van der Waals surface area (Å²) in [6, 6.07) is 11.0. The van der Waals surface area contributed by atoms with Gasteiger partial charge >= 0.3 is 0 Å². The topological polar surface area (TPSA) is 156 Å². The molecule has 0 atom stereocenters. The van der Waals surface area contributed by atoms with Crippen LogP contribution in [0.1, 0.15) is 11.4 Å². The molecule has 0 unspecified atom stereocenters. The fourth-order valence-corrected chi connectivity index (χ4v) is 2.70. The summed E-state index contributed by atoms with van der Waals surface area (Å²) >= 11 is 0. The van der Waals surface area contributed by atoms with Crippen LogP contribution in [0.5, 0.6) is 5.75 Å². The Morgan fingerprint density at radius 3 is 2.81 bits per heavy atom. The second-order valence-electron chi connectivity index (χ2n) is 5.44. The third-order valence-electron chi connectivity index (χ3n) is 3.91. The number of phenolic OH excluding ortho intramolecular Hbond substituents is 1. The van der Waals surface area contributed by atoms with Crippen molar-refractivity contribution in [2.24, 2.45) is 10.9 Å². The van der Waals surface area contributed by atoms with Crippen LogP contribution in [0.4, 0.5) is 5.69 Å². The lowest BCUT2D eigenvalue weighted by atomic mass is 10.1. The molecule has 0 radical (unpaired) electrons. The number of nitro groups is 1. The van der Waals surface area contributed by atoms with E-state index in [0.717, 1.165) is 17.0 Å². The number of benzene rings is 2. The van der Waals surface area contributed by atoms with Gasteiger partial charge in [-0.1, -0.05) is 18.2 Å². The van der Waals surface area contributed by atoms with E-state index in [9.17, 15) is 15.2 Å². The van der Waals surface area contributed by atoms with Crippen LogP contribution in [0.15, 0.2) is 47.6 Å². The number of hydrazone groups is 1. The van der Waals surface area contributed by atoms with Gasteiger partial charge in [-0.15, -0.1) is 10.2 Å². The lowest BCUT2D eigenvalue weighted by molar-refractivity contribution is -0.384. The number of nitrogens with one attached hydrogen (secondary N) is 1. The zero-order valence-electron chi connectivity index (χ0n) is 13.1. The van der Waals surface area contributed by atoms with Gasteiger partial charge in [-0.25, -0.2) is 4.98 Å². The minimum absolute atomic E-state index is 0.0146. The molecule has 4 aromatic rings. The van der Waals surface area contributed by atoms with Crippen LogP contribution in [0, 0.1) is 10.1 Å². The highest BCUT2D eigenvalue weighted by Gasteiger charge is 2.20. The largest absolute Gasteiger partial charge is 0.507 e. The van der Waals surface area contributed by atoms with Gasteiger partial charge in [-0.2, -0.15) is 5.10 Å². The number of nitro benzene ring substituents is 1. The van der Waals surface area contributed by atoms with Crippen molar-refractivity contribution in [1.29, 1.82) is 0 Å². The highest BCUT2D eigenvalue weighted by Crippen LogP contribution is 2.26. The number of H-pyrrole nitrogens is 1. The van der Waals surface area contributed by atoms with E-state index in [2.05, 4.69) is 25.3 Å². The normalized spacial score (nSPS) is 11.9. The van der Waals surface area contributed by atoms with Gasteiger partial charge in [0, 0.05) is 23.0 Å². The molecule has 0 saturated carbocycles. The molecule has 0 aliphatic heterocycles. The van der Waals surface area contributed by atoms with Gasteiger partial charge in [-0.3, -0.25) is 10.1 Å². The Morgan fingerprint density at radius 2 is 2.04 bits per heavy atom. The lowest BCUT2D eigenvalue weighted by Crippen LogP contribution is -2.13. The zero-order chi connectivity index (χ0) is 18.3. The molecule has 0 amide bonds. The number of hydrogen-bond acceptors (Lipinski definition) is 8. The number of fused-ring (bicyclic) bond motifs is 3. The van der Waals surface area contributed by atoms with Crippen molar-refractivity contribution >= 4 is 33.5 Å². The first-order valence-electron chi connectivity index (χ1n) is 7.45. The Bertz CT molecular complexity index is 1200. The maximum absolute atomic E-state index is 11.0. The number of nitrogens with two attached hydrogens (primary N) is 1. The molecule has 10 nitrogen and oxygen atoms in total. The van der Waals surface area contributed by atoms with Crippen molar-refractivity contribution in [3.8, 4) is 5.75 Å². The molecular weight excluding hydrogens is 338 g/mol. The fraction of sp³-hybridized carbons (Fsp3) is 0. The van der Waals surface area contributed by atoms with Crippen LogP contribution in [0.25, 0.3) is 22.1 Å². The summed E-state index contributed by atoms with van der Waals surface area (Å²) in [5, 5.41) is 33.7. The first-order chi connectivity index (χ1) is 12.6. The molecule has 0 fully saturated rings. The van der Waals surface area contributed by atoms with Gasteiger partial charge in [0.15, 0.2) is 5.65 Å². The van der Waals surface area contributed by atoms with Gasteiger partial charge in [-0.05, 0) is 12.1 Å². The first-order valence-corrected chi connectivity index (χ1v) is 7.45. The van der Waals surface area contributed by atoms with Gasteiger partial charge in [0.2, 0.25) is 5.82 Å². The summed E-state index contributed by atoms with van der Waals surface area (Å²) in [6.07, 6.45) is 0. The second-order valence-corrected chi connectivity index (χ2v) is 5.44. The van der Waals surface area contributed by atoms with Crippen LogP contribution < -0.4 is 5.84 Å². The smallest absolute Gasteiger partial charge is 0.270 e. The summed E-state index contributed by atoms with van der Waals surface area (Å²) in [6.45, 7) is 0. The monoisotopic (exact) mass is 349 g/mol. The predicted molar refractivity (Wildman–Crippen MR) is 93.8 cm³/mol. The SMILES string of the molecule is N/N=C(/c1nnc2c(n1)[nH]c1ccccc12)c1cc([N+](=O)[O-])ccc1O. The molecule has 0 bridgehead atoms. The highest BCUT2D eigenvalue weighted by atomic mass is 16.6. The molecule has 26 heavy (non-hydrogen) atoms. The minimum Gasteiger partial charge on any atom is -0.507 e. The summed E-state index contributed by atoms with van der Waals surface area (Å²) in [4.78, 5) is 17.9. The van der Waals surface area contributed by atoms with Crippen LogP contribution in [0.2, 0.25) is 0 Å².